The number of fused-ring (bicyclic) bond motifs is 10. The molecule has 0 radical (unpaired) electrons. The highest BCUT2D eigenvalue weighted by Crippen LogP contribution is 2.50. The number of rotatable bonds is 4. The number of nitrogens with zero attached hydrogens (tertiary/aromatic N) is 3. The average Bonchev–Trinajstić information content (AvgIpc) is 3.84. The second-order valence-electron chi connectivity index (χ2n) is 14.7. The maximum Gasteiger partial charge on any atom is 0.164 e. The highest BCUT2D eigenvalue weighted by Gasteiger charge is 2.39. The summed E-state index contributed by atoms with van der Waals surface area (Å²) in [4.78, 5) is 15.5. The molecule has 0 saturated carbocycles. The monoisotopic (exact) mass is 717 g/mol. The number of hydrogen-bond donors (Lipinski definition) is 0. The summed E-state index contributed by atoms with van der Waals surface area (Å²) >= 11 is 0. The van der Waals surface area contributed by atoms with Crippen molar-refractivity contribution in [1.29, 1.82) is 0 Å². The van der Waals surface area contributed by atoms with Gasteiger partial charge in [0.2, 0.25) is 0 Å². The largest absolute Gasteiger partial charge is 0.485 e. The number of furan rings is 1. The Kier molecular flexibility index (Phi) is 6.69. The van der Waals surface area contributed by atoms with Crippen LogP contribution in [-0.4, -0.2) is 21.1 Å². The Morgan fingerprint density at radius 2 is 1.09 bits per heavy atom. The molecule has 0 spiro atoms. The van der Waals surface area contributed by atoms with Gasteiger partial charge in [-0.1, -0.05) is 140 Å². The molecule has 0 fully saturated rings. The Morgan fingerprint density at radius 1 is 0.482 bits per heavy atom. The molecule has 3 heterocycles. The van der Waals surface area contributed by atoms with Gasteiger partial charge in [-0.15, -0.1) is 0 Å². The molecule has 12 rings (SSSR count). The first-order valence-electron chi connectivity index (χ1n) is 19.0. The van der Waals surface area contributed by atoms with Gasteiger partial charge in [-0.25, -0.2) is 15.0 Å². The standard InChI is InChI=1S/C51H31N3O2/c1-3-12-32-26-36(22-20-30(32)10-1)49-52-50(37-23-21-31-11-2-4-13-33(31)27-37)54-51(53-49)41-17-9-19-44-46(41)40-25-24-35(29-45(40)55-44)42-28-34-14-5-6-15-38(34)47-39-16-7-8-18-43(39)56-48(42)47/h1-29,44,46H. The minimum Gasteiger partial charge on any atom is -0.485 e. The molecule has 5 nitrogen and oxygen atoms in total. The Labute approximate surface area is 321 Å². The molecule has 0 bridgehead atoms. The van der Waals surface area contributed by atoms with Crippen molar-refractivity contribution < 1.29 is 9.15 Å². The van der Waals surface area contributed by atoms with Crippen molar-refractivity contribution in [3.8, 4) is 39.7 Å². The summed E-state index contributed by atoms with van der Waals surface area (Å²) in [6, 6.07) is 55.2. The van der Waals surface area contributed by atoms with E-state index in [1.54, 1.807) is 0 Å². The molecule has 10 aromatic rings. The summed E-state index contributed by atoms with van der Waals surface area (Å²) in [5.74, 6) is 2.67. The molecule has 0 saturated heterocycles. The van der Waals surface area contributed by atoms with Crippen LogP contribution in [-0.2, 0) is 0 Å². The van der Waals surface area contributed by atoms with E-state index in [1.165, 1.54) is 21.5 Å². The molecule has 1 aliphatic heterocycles. The van der Waals surface area contributed by atoms with Gasteiger partial charge in [-0.2, -0.15) is 0 Å². The molecule has 2 aliphatic rings. The van der Waals surface area contributed by atoms with Crippen molar-refractivity contribution in [3.05, 3.63) is 187 Å². The van der Waals surface area contributed by atoms with Gasteiger partial charge in [-0.3, -0.25) is 0 Å². The van der Waals surface area contributed by atoms with Crippen molar-refractivity contribution >= 4 is 59.8 Å². The van der Waals surface area contributed by atoms with Crippen molar-refractivity contribution in [2.75, 3.05) is 0 Å². The number of allylic oxidation sites excluding steroid dienone is 2. The highest BCUT2D eigenvalue weighted by atomic mass is 16.5. The van der Waals surface area contributed by atoms with Crippen molar-refractivity contribution in [2.45, 2.75) is 12.0 Å². The number of para-hydroxylation sites is 1. The van der Waals surface area contributed by atoms with Crippen LogP contribution in [0.5, 0.6) is 5.75 Å². The van der Waals surface area contributed by atoms with Gasteiger partial charge < -0.3 is 9.15 Å². The van der Waals surface area contributed by atoms with Crippen LogP contribution in [0.25, 0.3) is 93.7 Å². The lowest BCUT2D eigenvalue weighted by Gasteiger charge is -2.22. The first kappa shape index (κ1) is 31.0. The molecule has 1 aliphatic carbocycles. The molecule has 0 N–H and O–H groups in total. The number of benzene rings is 8. The Hall–Kier alpha value is -7.37. The van der Waals surface area contributed by atoms with E-state index >= 15 is 0 Å². The van der Waals surface area contributed by atoms with E-state index in [1.807, 2.05) is 12.1 Å². The van der Waals surface area contributed by atoms with Crippen LogP contribution < -0.4 is 4.74 Å². The van der Waals surface area contributed by atoms with Crippen molar-refractivity contribution in [2.24, 2.45) is 0 Å². The van der Waals surface area contributed by atoms with E-state index in [4.69, 9.17) is 24.1 Å². The van der Waals surface area contributed by atoms with E-state index < -0.39 is 0 Å². The fraction of sp³-hybridized carbons (Fsp3) is 0.0392. The number of aromatic nitrogens is 3. The Balaban J connectivity index is 0.997. The second kappa shape index (κ2) is 12.1. The van der Waals surface area contributed by atoms with E-state index in [9.17, 15) is 0 Å². The summed E-state index contributed by atoms with van der Waals surface area (Å²) < 4.78 is 13.4. The van der Waals surface area contributed by atoms with E-state index in [-0.39, 0.29) is 12.0 Å². The van der Waals surface area contributed by atoms with Gasteiger partial charge in [0.15, 0.2) is 17.5 Å². The molecule has 0 amide bonds. The first-order chi connectivity index (χ1) is 27.7. The zero-order chi connectivity index (χ0) is 36.7. The predicted molar refractivity (Wildman–Crippen MR) is 227 cm³/mol. The summed E-state index contributed by atoms with van der Waals surface area (Å²) in [5, 5.41) is 9.23. The quantitative estimate of drug-likeness (QED) is 0.181. The van der Waals surface area contributed by atoms with Gasteiger partial charge in [0.25, 0.3) is 0 Å². The molecule has 56 heavy (non-hydrogen) atoms. The summed E-state index contributed by atoms with van der Waals surface area (Å²) in [6.45, 7) is 0. The van der Waals surface area contributed by atoms with Crippen LogP contribution in [0.15, 0.2) is 180 Å². The zero-order valence-corrected chi connectivity index (χ0v) is 30.1. The lowest BCUT2D eigenvalue weighted by atomic mass is 9.83. The third kappa shape index (κ3) is 4.84. The lowest BCUT2D eigenvalue weighted by Crippen LogP contribution is -2.20. The molecule has 5 heteroatoms. The van der Waals surface area contributed by atoms with Crippen LogP contribution in [0, 0.1) is 0 Å². The van der Waals surface area contributed by atoms with Crippen molar-refractivity contribution in [3.63, 3.8) is 0 Å². The predicted octanol–water partition coefficient (Wildman–Crippen LogP) is 12.7. The molecule has 262 valence electrons. The summed E-state index contributed by atoms with van der Waals surface area (Å²) in [7, 11) is 0. The third-order valence-electron chi connectivity index (χ3n) is 11.4. The Bertz CT molecular complexity index is 3220. The van der Waals surface area contributed by atoms with Gasteiger partial charge in [0, 0.05) is 38.6 Å². The van der Waals surface area contributed by atoms with Crippen LogP contribution in [0.2, 0.25) is 0 Å². The Morgan fingerprint density at radius 3 is 1.82 bits per heavy atom. The minimum absolute atomic E-state index is 0.0943. The number of hydrogen-bond acceptors (Lipinski definition) is 5. The molecule has 2 atom stereocenters. The third-order valence-corrected chi connectivity index (χ3v) is 11.4. The highest BCUT2D eigenvalue weighted by molar-refractivity contribution is 6.22. The fourth-order valence-electron chi connectivity index (χ4n) is 8.74. The zero-order valence-electron chi connectivity index (χ0n) is 30.1. The molecule has 2 unspecified atom stereocenters. The smallest absolute Gasteiger partial charge is 0.164 e. The topological polar surface area (TPSA) is 61.0 Å². The van der Waals surface area contributed by atoms with Crippen LogP contribution in [0.4, 0.5) is 0 Å². The number of ether oxygens (including phenoxy) is 1. The van der Waals surface area contributed by atoms with Gasteiger partial charge in [-0.05, 0) is 74.3 Å². The van der Waals surface area contributed by atoms with E-state index in [2.05, 4.69) is 164 Å². The van der Waals surface area contributed by atoms with E-state index in [0.717, 1.165) is 71.9 Å². The van der Waals surface area contributed by atoms with Crippen LogP contribution in [0.1, 0.15) is 17.3 Å². The van der Waals surface area contributed by atoms with Crippen molar-refractivity contribution in [1.82, 2.24) is 15.0 Å². The summed E-state index contributed by atoms with van der Waals surface area (Å²) in [5.41, 5.74) is 7.84. The molecule has 2 aromatic heterocycles. The maximum atomic E-state index is 6.78. The van der Waals surface area contributed by atoms with Gasteiger partial charge in [0.1, 0.15) is 23.0 Å². The van der Waals surface area contributed by atoms with E-state index in [0.29, 0.717) is 17.5 Å². The first-order valence-corrected chi connectivity index (χ1v) is 19.0. The minimum atomic E-state index is -0.201. The lowest BCUT2D eigenvalue weighted by molar-refractivity contribution is 0.271. The summed E-state index contributed by atoms with van der Waals surface area (Å²) in [6.07, 6.45) is 6.14. The molecular weight excluding hydrogens is 687 g/mol. The fourth-order valence-corrected chi connectivity index (χ4v) is 8.74. The van der Waals surface area contributed by atoms with Gasteiger partial charge >= 0.3 is 0 Å². The average molecular weight is 718 g/mol. The van der Waals surface area contributed by atoms with Crippen LogP contribution >= 0.6 is 0 Å². The molecule has 8 aromatic carbocycles. The maximum absolute atomic E-state index is 6.78. The second-order valence-corrected chi connectivity index (χ2v) is 14.7. The SMILES string of the molecule is C1=CC2Oc3cc(-c4cc5ccccc5c5c4oc4ccccc45)ccc3C2C(c2nc(-c3ccc4ccccc4c3)nc(-c3ccc4ccccc4c3)n2)=C1. The normalized spacial score (nSPS) is 16.0. The van der Waals surface area contributed by atoms with Gasteiger partial charge in [0.05, 0.1) is 5.92 Å². The van der Waals surface area contributed by atoms with Crippen LogP contribution in [0.3, 0.4) is 0 Å². The molecular formula is C51H31N3O2.